The summed E-state index contributed by atoms with van der Waals surface area (Å²) in [6.07, 6.45) is 0.213. The molecule has 1 nitrogen and oxygen atoms in total. The normalized spacial score (nSPS) is 17.3. The molecule has 1 aliphatic rings. The van der Waals surface area contributed by atoms with Gasteiger partial charge in [-0.25, -0.2) is 13.2 Å². The van der Waals surface area contributed by atoms with Crippen LogP contribution in [0, 0.1) is 11.6 Å². The standard InChI is InChI=1S/C16H16F3NS/c17-11-3-5-20(6-4-11)10-14-13(16-2-1-7-21-16)8-12(18)9-15(14)19/h1-2,7-9,11H,3-6,10H2. The third kappa shape index (κ3) is 3.30. The van der Waals surface area contributed by atoms with Gasteiger partial charge < -0.3 is 0 Å². The second-order valence-corrected chi connectivity index (χ2v) is 6.29. The Hall–Kier alpha value is -1.33. The minimum Gasteiger partial charge on any atom is -0.299 e. The average molecular weight is 311 g/mol. The first-order valence-electron chi connectivity index (χ1n) is 7.01. The number of nitrogens with zero attached hydrogens (tertiary/aromatic N) is 1. The Labute approximate surface area is 126 Å². The summed E-state index contributed by atoms with van der Waals surface area (Å²) in [5.41, 5.74) is 1.10. The van der Waals surface area contributed by atoms with E-state index in [1.165, 1.54) is 17.4 Å². The molecule has 2 aromatic rings. The molecule has 1 saturated heterocycles. The third-order valence-corrected chi connectivity index (χ3v) is 4.75. The number of hydrogen-bond donors (Lipinski definition) is 0. The molecular formula is C16H16F3NS. The molecule has 0 spiro atoms. The fourth-order valence-corrected chi connectivity index (χ4v) is 3.47. The average Bonchev–Trinajstić information content (AvgIpc) is 2.97. The largest absolute Gasteiger partial charge is 0.299 e. The van der Waals surface area contributed by atoms with Crippen LogP contribution in [0.25, 0.3) is 10.4 Å². The van der Waals surface area contributed by atoms with E-state index in [1.807, 2.05) is 22.4 Å². The minimum absolute atomic E-state index is 0.395. The molecule has 21 heavy (non-hydrogen) atoms. The van der Waals surface area contributed by atoms with Crippen molar-refractivity contribution in [3.8, 4) is 10.4 Å². The molecule has 3 rings (SSSR count). The van der Waals surface area contributed by atoms with Gasteiger partial charge >= 0.3 is 0 Å². The SMILES string of the molecule is Fc1cc(F)c(CN2CCC(F)CC2)c(-c2cccs2)c1. The van der Waals surface area contributed by atoms with Gasteiger partial charge in [0.05, 0.1) is 0 Å². The number of rotatable bonds is 3. The topological polar surface area (TPSA) is 3.24 Å². The van der Waals surface area contributed by atoms with E-state index in [9.17, 15) is 13.2 Å². The van der Waals surface area contributed by atoms with Gasteiger partial charge in [0.2, 0.25) is 0 Å². The van der Waals surface area contributed by atoms with Gasteiger partial charge in [0.15, 0.2) is 0 Å². The molecule has 0 N–H and O–H groups in total. The van der Waals surface area contributed by atoms with Gasteiger partial charge in [-0.1, -0.05) is 6.07 Å². The zero-order chi connectivity index (χ0) is 14.8. The summed E-state index contributed by atoms with van der Waals surface area (Å²) < 4.78 is 40.9. The number of benzene rings is 1. The first kappa shape index (κ1) is 14.6. The van der Waals surface area contributed by atoms with E-state index in [0.717, 1.165) is 10.9 Å². The Kier molecular flexibility index (Phi) is 4.31. The van der Waals surface area contributed by atoms with Gasteiger partial charge in [0.25, 0.3) is 0 Å². The summed E-state index contributed by atoms with van der Waals surface area (Å²) in [5, 5.41) is 1.89. The molecular weight excluding hydrogens is 295 g/mol. The Morgan fingerprint density at radius 2 is 1.95 bits per heavy atom. The van der Waals surface area contributed by atoms with Gasteiger partial charge in [0, 0.05) is 41.7 Å². The van der Waals surface area contributed by atoms with Crippen molar-refractivity contribution in [3.63, 3.8) is 0 Å². The van der Waals surface area contributed by atoms with Crippen molar-refractivity contribution in [2.45, 2.75) is 25.6 Å². The highest BCUT2D eigenvalue weighted by atomic mass is 32.1. The number of alkyl halides is 1. The molecule has 0 unspecified atom stereocenters. The second kappa shape index (κ2) is 6.20. The number of likely N-dealkylation sites (tertiary alicyclic amines) is 1. The fraction of sp³-hybridized carbons (Fsp3) is 0.375. The van der Waals surface area contributed by atoms with Crippen LogP contribution in [-0.2, 0) is 6.54 Å². The predicted octanol–water partition coefficient (Wildman–Crippen LogP) is 4.63. The maximum atomic E-state index is 14.2. The van der Waals surface area contributed by atoms with Crippen LogP contribution in [0.5, 0.6) is 0 Å². The van der Waals surface area contributed by atoms with Gasteiger partial charge in [0.1, 0.15) is 17.8 Å². The van der Waals surface area contributed by atoms with Gasteiger partial charge in [-0.2, -0.15) is 0 Å². The molecule has 0 radical (unpaired) electrons. The number of halogens is 3. The van der Waals surface area contributed by atoms with Crippen molar-refractivity contribution in [2.24, 2.45) is 0 Å². The predicted molar refractivity (Wildman–Crippen MR) is 79.1 cm³/mol. The second-order valence-electron chi connectivity index (χ2n) is 5.34. The lowest BCUT2D eigenvalue weighted by atomic mass is 10.0. The van der Waals surface area contributed by atoms with Crippen LogP contribution in [0.2, 0.25) is 0 Å². The quantitative estimate of drug-likeness (QED) is 0.799. The van der Waals surface area contributed by atoms with E-state index in [1.54, 1.807) is 0 Å². The van der Waals surface area contributed by atoms with Crippen molar-refractivity contribution in [1.82, 2.24) is 4.90 Å². The smallest absolute Gasteiger partial charge is 0.131 e. The Morgan fingerprint density at radius 3 is 2.62 bits per heavy atom. The van der Waals surface area contributed by atoms with Crippen molar-refractivity contribution in [2.75, 3.05) is 13.1 Å². The fourth-order valence-electron chi connectivity index (χ4n) is 2.70. The van der Waals surface area contributed by atoms with Gasteiger partial charge in [-0.05, 0) is 30.4 Å². The van der Waals surface area contributed by atoms with Crippen LogP contribution in [-0.4, -0.2) is 24.2 Å². The summed E-state index contributed by atoms with van der Waals surface area (Å²) in [6, 6.07) is 6.03. The molecule has 0 saturated carbocycles. The van der Waals surface area contributed by atoms with Crippen LogP contribution in [0.3, 0.4) is 0 Å². The van der Waals surface area contributed by atoms with Crippen LogP contribution in [0.15, 0.2) is 29.6 Å². The highest BCUT2D eigenvalue weighted by molar-refractivity contribution is 7.13. The molecule has 0 atom stereocenters. The first-order valence-corrected chi connectivity index (χ1v) is 7.89. The maximum Gasteiger partial charge on any atom is 0.131 e. The van der Waals surface area contributed by atoms with E-state index in [0.29, 0.717) is 43.6 Å². The molecule has 2 heterocycles. The zero-order valence-electron chi connectivity index (χ0n) is 11.5. The number of thiophene rings is 1. The van der Waals surface area contributed by atoms with Crippen LogP contribution < -0.4 is 0 Å². The highest BCUT2D eigenvalue weighted by Crippen LogP contribution is 2.32. The molecule has 5 heteroatoms. The summed E-state index contributed by atoms with van der Waals surface area (Å²) >= 11 is 1.46. The lowest BCUT2D eigenvalue weighted by molar-refractivity contribution is 0.144. The Bertz CT molecular complexity index is 604. The summed E-state index contributed by atoms with van der Waals surface area (Å²) in [5.74, 6) is -1.09. The summed E-state index contributed by atoms with van der Waals surface area (Å²) in [4.78, 5) is 2.88. The molecule has 1 aromatic carbocycles. The van der Waals surface area contributed by atoms with E-state index < -0.39 is 17.8 Å². The summed E-state index contributed by atoms with van der Waals surface area (Å²) in [7, 11) is 0. The Balaban J connectivity index is 1.90. The molecule has 1 aromatic heterocycles. The molecule has 0 bridgehead atoms. The number of hydrogen-bond acceptors (Lipinski definition) is 2. The van der Waals surface area contributed by atoms with Crippen molar-refractivity contribution in [3.05, 3.63) is 46.8 Å². The van der Waals surface area contributed by atoms with Crippen molar-refractivity contribution < 1.29 is 13.2 Å². The molecule has 1 fully saturated rings. The van der Waals surface area contributed by atoms with E-state index >= 15 is 0 Å². The van der Waals surface area contributed by atoms with Crippen molar-refractivity contribution in [1.29, 1.82) is 0 Å². The highest BCUT2D eigenvalue weighted by Gasteiger charge is 2.21. The van der Waals surface area contributed by atoms with Crippen molar-refractivity contribution >= 4 is 11.3 Å². The molecule has 0 aliphatic carbocycles. The van der Waals surface area contributed by atoms with E-state index in [-0.39, 0.29) is 0 Å². The lowest BCUT2D eigenvalue weighted by Gasteiger charge is -2.29. The maximum absolute atomic E-state index is 14.2. The molecule has 1 aliphatic heterocycles. The van der Waals surface area contributed by atoms with Gasteiger partial charge in [-0.15, -0.1) is 11.3 Å². The Morgan fingerprint density at radius 1 is 1.19 bits per heavy atom. The summed E-state index contributed by atoms with van der Waals surface area (Å²) in [6.45, 7) is 1.62. The number of piperidine rings is 1. The third-order valence-electron chi connectivity index (χ3n) is 3.85. The van der Waals surface area contributed by atoms with Gasteiger partial charge in [-0.3, -0.25) is 4.90 Å². The zero-order valence-corrected chi connectivity index (χ0v) is 12.3. The monoisotopic (exact) mass is 311 g/mol. The first-order chi connectivity index (χ1) is 10.1. The minimum atomic E-state index is -0.754. The molecule has 0 amide bonds. The van der Waals surface area contributed by atoms with Crippen LogP contribution in [0.1, 0.15) is 18.4 Å². The lowest BCUT2D eigenvalue weighted by Crippen LogP contribution is -2.34. The van der Waals surface area contributed by atoms with E-state index in [2.05, 4.69) is 0 Å². The van der Waals surface area contributed by atoms with Crippen LogP contribution >= 0.6 is 11.3 Å². The van der Waals surface area contributed by atoms with Crippen LogP contribution in [0.4, 0.5) is 13.2 Å². The molecule has 112 valence electrons. The van der Waals surface area contributed by atoms with E-state index in [4.69, 9.17) is 0 Å².